The van der Waals surface area contributed by atoms with Crippen LogP contribution in [0.1, 0.15) is 30.9 Å². The second kappa shape index (κ2) is 8.09. The number of nitriles is 1. The molecule has 0 aliphatic rings. The summed E-state index contributed by atoms with van der Waals surface area (Å²) in [5.41, 5.74) is 0.837. The van der Waals surface area contributed by atoms with Crippen LogP contribution in [0.3, 0.4) is 0 Å². The molecule has 0 unspecified atom stereocenters. The Bertz CT molecular complexity index is 477. The number of halogens is 1. The van der Waals surface area contributed by atoms with Gasteiger partial charge in [-0.3, -0.25) is 4.99 Å². The first kappa shape index (κ1) is 15.0. The molecule has 0 fully saturated rings. The van der Waals surface area contributed by atoms with Crippen LogP contribution in [-0.4, -0.2) is 19.6 Å². The number of unbranched alkanes of at least 4 members (excludes halogenated alkanes) is 1. The molecular weight excluding hydrogens is 243 g/mol. The Morgan fingerprint density at radius 3 is 2.79 bits per heavy atom. The topological polar surface area (TPSA) is 60.2 Å². The van der Waals surface area contributed by atoms with Crippen molar-refractivity contribution in [1.82, 2.24) is 10.6 Å². The van der Waals surface area contributed by atoms with Crippen molar-refractivity contribution in [2.75, 3.05) is 13.6 Å². The highest BCUT2D eigenvalue weighted by Crippen LogP contribution is 2.09. The minimum absolute atomic E-state index is 0.326. The molecule has 0 amide bonds. The monoisotopic (exact) mass is 262 g/mol. The van der Waals surface area contributed by atoms with Crippen LogP contribution in [0.15, 0.2) is 23.2 Å². The third-order valence-electron chi connectivity index (χ3n) is 2.67. The molecule has 0 saturated heterocycles. The van der Waals surface area contributed by atoms with E-state index in [4.69, 9.17) is 5.26 Å². The van der Waals surface area contributed by atoms with Crippen LogP contribution in [0, 0.1) is 17.1 Å². The SMILES string of the molecule is CCCCNC(=NC)NCc1ccc(C#N)cc1F. The largest absolute Gasteiger partial charge is 0.356 e. The Balaban J connectivity index is 2.53. The van der Waals surface area contributed by atoms with Gasteiger partial charge in [-0.2, -0.15) is 5.26 Å². The summed E-state index contributed by atoms with van der Waals surface area (Å²) in [4.78, 5) is 4.06. The standard InChI is InChI=1S/C14H19FN4/c1-3-4-7-18-14(17-2)19-10-12-6-5-11(9-16)8-13(12)15/h5-6,8H,3-4,7,10H2,1-2H3,(H2,17,18,19). The summed E-state index contributed by atoms with van der Waals surface area (Å²) in [7, 11) is 1.68. The van der Waals surface area contributed by atoms with Crippen LogP contribution in [-0.2, 0) is 6.54 Å². The van der Waals surface area contributed by atoms with Crippen LogP contribution in [0.5, 0.6) is 0 Å². The third-order valence-corrected chi connectivity index (χ3v) is 2.67. The van der Waals surface area contributed by atoms with E-state index in [1.807, 2.05) is 6.07 Å². The van der Waals surface area contributed by atoms with Gasteiger partial charge in [0.1, 0.15) is 5.82 Å². The quantitative estimate of drug-likeness (QED) is 0.485. The number of guanidine groups is 1. The van der Waals surface area contributed by atoms with Crippen LogP contribution in [0.4, 0.5) is 4.39 Å². The summed E-state index contributed by atoms with van der Waals surface area (Å²) < 4.78 is 13.6. The fourth-order valence-electron chi connectivity index (χ4n) is 1.54. The fraction of sp³-hybridized carbons (Fsp3) is 0.429. The van der Waals surface area contributed by atoms with Crippen molar-refractivity contribution < 1.29 is 4.39 Å². The summed E-state index contributed by atoms with van der Waals surface area (Å²) in [6.07, 6.45) is 2.17. The highest BCUT2D eigenvalue weighted by Gasteiger charge is 2.04. The number of hydrogen-bond acceptors (Lipinski definition) is 2. The first-order valence-corrected chi connectivity index (χ1v) is 6.34. The van der Waals surface area contributed by atoms with E-state index in [-0.39, 0.29) is 5.82 Å². The Hall–Kier alpha value is -2.09. The Labute approximate surface area is 113 Å². The number of nitrogens with zero attached hydrogens (tertiary/aromatic N) is 2. The number of hydrogen-bond donors (Lipinski definition) is 2. The Morgan fingerprint density at radius 1 is 1.42 bits per heavy atom. The summed E-state index contributed by atoms with van der Waals surface area (Å²) in [5, 5.41) is 14.9. The molecule has 19 heavy (non-hydrogen) atoms. The van der Waals surface area contributed by atoms with Gasteiger partial charge >= 0.3 is 0 Å². The second-order valence-electron chi connectivity index (χ2n) is 4.12. The van der Waals surface area contributed by atoms with Gasteiger partial charge in [0.25, 0.3) is 0 Å². The summed E-state index contributed by atoms with van der Waals surface area (Å²) in [5.74, 6) is 0.271. The summed E-state index contributed by atoms with van der Waals surface area (Å²) >= 11 is 0. The van der Waals surface area contributed by atoms with Crippen LogP contribution in [0.2, 0.25) is 0 Å². The molecule has 1 aromatic rings. The van der Waals surface area contributed by atoms with Crippen LogP contribution < -0.4 is 10.6 Å². The lowest BCUT2D eigenvalue weighted by Gasteiger charge is -2.12. The van der Waals surface area contributed by atoms with E-state index in [1.165, 1.54) is 6.07 Å². The van der Waals surface area contributed by atoms with Gasteiger partial charge in [-0.25, -0.2) is 4.39 Å². The molecule has 0 aliphatic carbocycles. The van der Waals surface area contributed by atoms with E-state index >= 15 is 0 Å². The van der Waals surface area contributed by atoms with Crippen LogP contribution in [0.25, 0.3) is 0 Å². The molecule has 0 bridgehead atoms. The van der Waals surface area contributed by atoms with Gasteiger partial charge in [0, 0.05) is 25.7 Å². The van der Waals surface area contributed by atoms with E-state index in [1.54, 1.807) is 19.2 Å². The molecular formula is C14H19FN4. The second-order valence-corrected chi connectivity index (χ2v) is 4.12. The average molecular weight is 262 g/mol. The molecule has 0 radical (unpaired) electrons. The van der Waals surface area contributed by atoms with Gasteiger partial charge in [-0.05, 0) is 18.6 Å². The lowest BCUT2D eigenvalue weighted by atomic mass is 10.1. The molecule has 1 rings (SSSR count). The van der Waals surface area contributed by atoms with Gasteiger partial charge in [0.2, 0.25) is 0 Å². The maximum atomic E-state index is 13.6. The number of nitrogens with one attached hydrogen (secondary N) is 2. The van der Waals surface area contributed by atoms with Gasteiger partial charge in [-0.15, -0.1) is 0 Å². The van der Waals surface area contributed by atoms with E-state index in [9.17, 15) is 4.39 Å². The van der Waals surface area contributed by atoms with E-state index in [0.717, 1.165) is 19.4 Å². The third kappa shape index (κ3) is 4.96. The average Bonchev–Trinajstić information content (AvgIpc) is 2.43. The molecule has 0 spiro atoms. The smallest absolute Gasteiger partial charge is 0.191 e. The van der Waals surface area contributed by atoms with Crippen molar-refractivity contribution in [2.24, 2.45) is 4.99 Å². The maximum Gasteiger partial charge on any atom is 0.191 e. The van der Waals surface area contributed by atoms with Gasteiger partial charge in [-0.1, -0.05) is 19.4 Å². The molecule has 0 aliphatic heterocycles. The molecule has 5 heteroatoms. The first-order valence-electron chi connectivity index (χ1n) is 6.34. The molecule has 1 aromatic carbocycles. The van der Waals surface area contributed by atoms with Crippen molar-refractivity contribution in [3.05, 3.63) is 35.1 Å². The zero-order valence-corrected chi connectivity index (χ0v) is 11.3. The van der Waals surface area contributed by atoms with Crippen molar-refractivity contribution >= 4 is 5.96 Å². The summed E-state index contributed by atoms with van der Waals surface area (Å²) in [6, 6.07) is 6.37. The number of benzene rings is 1. The van der Waals surface area contributed by atoms with Gasteiger partial charge in [0.05, 0.1) is 11.6 Å². The summed E-state index contributed by atoms with van der Waals surface area (Å²) in [6.45, 7) is 3.29. The van der Waals surface area contributed by atoms with Crippen molar-refractivity contribution in [3.8, 4) is 6.07 Å². The van der Waals surface area contributed by atoms with Crippen LogP contribution >= 0.6 is 0 Å². The van der Waals surface area contributed by atoms with Gasteiger partial charge in [0.15, 0.2) is 5.96 Å². The zero-order chi connectivity index (χ0) is 14.1. The Kier molecular flexibility index (Phi) is 6.37. The van der Waals surface area contributed by atoms with Crippen molar-refractivity contribution in [3.63, 3.8) is 0 Å². The zero-order valence-electron chi connectivity index (χ0n) is 11.3. The molecule has 4 nitrogen and oxygen atoms in total. The molecule has 102 valence electrons. The molecule has 0 atom stereocenters. The minimum atomic E-state index is -0.379. The predicted molar refractivity (Wildman–Crippen MR) is 74.2 cm³/mol. The first-order chi connectivity index (χ1) is 9.21. The molecule has 0 saturated carbocycles. The highest BCUT2D eigenvalue weighted by molar-refractivity contribution is 5.79. The van der Waals surface area contributed by atoms with E-state index < -0.39 is 0 Å². The van der Waals surface area contributed by atoms with Gasteiger partial charge < -0.3 is 10.6 Å². The molecule has 0 aromatic heterocycles. The number of rotatable bonds is 5. The van der Waals surface area contributed by atoms with Crippen molar-refractivity contribution in [1.29, 1.82) is 5.26 Å². The Morgan fingerprint density at radius 2 is 2.21 bits per heavy atom. The highest BCUT2D eigenvalue weighted by atomic mass is 19.1. The maximum absolute atomic E-state index is 13.6. The van der Waals surface area contributed by atoms with Crippen molar-refractivity contribution in [2.45, 2.75) is 26.3 Å². The fourth-order valence-corrected chi connectivity index (χ4v) is 1.54. The van der Waals surface area contributed by atoms with E-state index in [0.29, 0.717) is 23.6 Å². The molecule has 2 N–H and O–H groups in total. The molecule has 0 heterocycles. The predicted octanol–water partition coefficient (Wildman–Crippen LogP) is 2.16. The number of aliphatic imine (C=N–C) groups is 1. The normalized spacial score (nSPS) is 10.9. The lowest BCUT2D eigenvalue weighted by Crippen LogP contribution is -2.37. The minimum Gasteiger partial charge on any atom is -0.356 e. The van der Waals surface area contributed by atoms with E-state index in [2.05, 4.69) is 22.5 Å². The lowest BCUT2D eigenvalue weighted by molar-refractivity contribution is 0.604.